The van der Waals surface area contributed by atoms with Gasteiger partial charge in [-0.25, -0.2) is 0 Å². The number of hydrogen-bond donors (Lipinski definition) is 1. The second-order valence-corrected chi connectivity index (χ2v) is 4.42. The Kier molecular flexibility index (Phi) is 2.40. The second-order valence-electron chi connectivity index (χ2n) is 3.65. The summed E-state index contributed by atoms with van der Waals surface area (Å²) in [4.78, 5) is 2.23. The minimum Gasteiger partial charge on any atom is -0.369 e. The zero-order chi connectivity index (χ0) is 10.1. The molecule has 0 amide bonds. The van der Waals surface area contributed by atoms with E-state index in [0.29, 0.717) is 11.6 Å². The van der Waals surface area contributed by atoms with E-state index in [4.69, 9.17) is 5.26 Å². The van der Waals surface area contributed by atoms with Crippen molar-refractivity contribution < 1.29 is 0 Å². The standard InChI is InChI=1S/C9H12N4S/c1-6-8(3-10)9(14-12-6)11-7-4-13(2)5-7/h7,11H,4-5H2,1-2H3. The third-order valence-electron chi connectivity index (χ3n) is 2.37. The topological polar surface area (TPSA) is 52.0 Å². The molecular formula is C9H12N4S. The smallest absolute Gasteiger partial charge is 0.128 e. The summed E-state index contributed by atoms with van der Waals surface area (Å²) in [5.41, 5.74) is 1.53. The number of rotatable bonds is 2. The fourth-order valence-corrected chi connectivity index (χ4v) is 2.40. The maximum absolute atomic E-state index is 8.91. The van der Waals surface area contributed by atoms with Gasteiger partial charge in [-0.15, -0.1) is 0 Å². The number of nitriles is 1. The first kappa shape index (κ1) is 9.44. The Balaban J connectivity index is 2.06. The van der Waals surface area contributed by atoms with Gasteiger partial charge in [-0.2, -0.15) is 9.64 Å². The fourth-order valence-electron chi connectivity index (χ4n) is 1.58. The molecule has 0 radical (unpaired) electrons. The molecule has 4 nitrogen and oxygen atoms in total. The van der Waals surface area contributed by atoms with Gasteiger partial charge >= 0.3 is 0 Å². The summed E-state index contributed by atoms with van der Waals surface area (Å²) < 4.78 is 4.16. The minimum absolute atomic E-state index is 0.479. The van der Waals surface area contributed by atoms with Gasteiger partial charge < -0.3 is 10.2 Å². The van der Waals surface area contributed by atoms with Crippen LogP contribution in [0.15, 0.2) is 0 Å². The van der Waals surface area contributed by atoms with Crippen LogP contribution in [0.3, 0.4) is 0 Å². The highest BCUT2D eigenvalue weighted by molar-refractivity contribution is 7.10. The summed E-state index contributed by atoms with van der Waals surface area (Å²) in [6, 6.07) is 2.66. The Labute approximate surface area is 87.3 Å². The Bertz CT molecular complexity index is 373. The minimum atomic E-state index is 0.479. The van der Waals surface area contributed by atoms with Crippen molar-refractivity contribution in [3.63, 3.8) is 0 Å². The maximum Gasteiger partial charge on any atom is 0.128 e. The molecule has 1 aliphatic rings. The molecule has 2 heterocycles. The van der Waals surface area contributed by atoms with Gasteiger partial charge in [0.1, 0.15) is 16.6 Å². The largest absolute Gasteiger partial charge is 0.369 e. The monoisotopic (exact) mass is 208 g/mol. The van der Waals surface area contributed by atoms with E-state index in [0.717, 1.165) is 23.8 Å². The third kappa shape index (κ3) is 1.59. The lowest BCUT2D eigenvalue weighted by Crippen LogP contribution is -2.52. The van der Waals surface area contributed by atoms with Crippen molar-refractivity contribution in [2.45, 2.75) is 13.0 Å². The third-order valence-corrected chi connectivity index (χ3v) is 3.24. The van der Waals surface area contributed by atoms with Crippen LogP contribution in [-0.2, 0) is 0 Å². The van der Waals surface area contributed by atoms with Gasteiger partial charge in [0, 0.05) is 13.1 Å². The van der Waals surface area contributed by atoms with E-state index in [9.17, 15) is 0 Å². The van der Waals surface area contributed by atoms with Crippen LogP contribution in [0.1, 0.15) is 11.3 Å². The van der Waals surface area contributed by atoms with Crippen LogP contribution in [0.4, 0.5) is 5.00 Å². The highest BCUT2D eigenvalue weighted by Gasteiger charge is 2.24. The van der Waals surface area contributed by atoms with Crippen LogP contribution < -0.4 is 5.32 Å². The highest BCUT2D eigenvalue weighted by Crippen LogP contribution is 2.25. The quantitative estimate of drug-likeness (QED) is 0.789. The summed E-state index contributed by atoms with van der Waals surface area (Å²) in [7, 11) is 2.08. The molecule has 1 aliphatic heterocycles. The van der Waals surface area contributed by atoms with E-state index >= 15 is 0 Å². The van der Waals surface area contributed by atoms with Gasteiger partial charge in [0.25, 0.3) is 0 Å². The lowest BCUT2D eigenvalue weighted by atomic mass is 10.1. The maximum atomic E-state index is 8.91. The number of nitrogens with zero attached hydrogens (tertiary/aromatic N) is 3. The number of anilines is 1. The summed E-state index contributed by atoms with van der Waals surface area (Å²) in [5, 5.41) is 13.2. The second kappa shape index (κ2) is 3.56. The van der Waals surface area contributed by atoms with Crippen molar-refractivity contribution in [2.75, 3.05) is 25.5 Å². The first-order valence-corrected chi connectivity index (χ1v) is 5.29. The molecule has 0 unspecified atom stereocenters. The van der Waals surface area contributed by atoms with Gasteiger partial charge in [-0.1, -0.05) is 0 Å². The van der Waals surface area contributed by atoms with E-state index in [-0.39, 0.29) is 0 Å². The molecule has 0 saturated carbocycles. The van der Waals surface area contributed by atoms with Crippen molar-refractivity contribution >= 4 is 16.5 Å². The van der Waals surface area contributed by atoms with E-state index in [2.05, 4.69) is 27.7 Å². The Morgan fingerprint density at radius 1 is 1.64 bits per heavy atom. The number of nitrogens with one attached hydrogen (secondary N) is 1. The summed E-state index contributed by atoms with van der Waals surface area (Å²) in [6.07, 6.45) is 0. The zero-order valence-electron chi connectivity index (χ0n) is 8.24. The fraction of sp³-hybridized carbons (Fsp3) is 0.556. The van der Waals surface area contributed by atoms with Crippen LogP contribution in [0.25, 0.3) is 0 Å². The molecule has 2 rings (SSSR count). The van der Waals surface area contributed by atoms with E-state index in [1.54, 1.807) is 0 Å². The van der Waals surface area contributed by atoms with Crippen molar-refractivity contribution in [2.24, 2.45) is 0 Å². The molecule has 1 saturated heterocycles. The molecule has 5 heteroatoms. The van der Waals surface area contributed by atoms with Gasteiger partial charge in [0.2, 0.25) is 0 Å². The van der Waals surface area contributed by atoms with E-state index in [1.165, 1.54) is 11.5 Å². The summed E-state index contributed by atoms with van der Waals surface area (Å²) >= 11 is 1.38. The number of aromatic nitrogens is 1. The molecule has 0 aliphatic carbocycles. The predicted molar refractivity (Wildman–Crippen MR) is 56.5 cm³/mol. The molecule has 0 spiro atoms. The number of likely N-dealkylation sites (N-methyl/N-ethyl adjacent to an activating group) is 1. The van der Waals surface area contributed by atoms with Crippen molar-refractivity contribution in [3.8, 4) is 6.07 Å². The predicted octanol–water partition coefficient (Wildman–Crippen LogP) is 1.05. The Morgan fingerprint density at radius 3 is 2.93 bits per heavy atom. The van der Waals surface area contributed by atoms with Crippen LogP contribution in [0, 0.1) is 18.3 Å². The van der Waals surface area contributed by atoms with E-state index in [1.807, 2.05) is 6.92 Å². The first-order chi connectivity index (χ1) is 6.70. The van der Waals surface area contributed by atoms with Gasteiger partial charge in [0.15, 0.2) is 0 Å². The normalized spacial score (nSPS) is 17.5. The molecule has 1 fully saturated rings. The van der Waals surface area contributed by atoms with Crippen LogP contribution in [0.5, 0.6) is 0 Å². The van der Waals surface area contributed by atoms with Gasteiger partial charge in [-0.05, 0) is 25.5 Å². The van der Waals surface area contributed by atoms with Crippen molar-refractivity contribution in [1.29, 1.82) is 5.26 Å². The molecule has 14 heavy (non-hydrogen) atoms. The van der Waals surface area contributed by atoms with Crippen molar-refractivity contribution in [1.82, 2.24) is 9.27 Å². The van der Waals surface area contributed by atoms with E-state index < -0.39 is 0 Å². The Morgan fingerprint density at radius 2 is 2.36 bits per heavy atom. The molecule has 0 bridgehead atoms. The number of aryl methyl sites for hydroxylation is 1. The average molecular weight is 208 g/mol. The van der Waals surface area contributed by atoms with Crippen LogP contribution in [0.2, 0.25) is 0 Å². The van der Waals surface area contributed by atoms with Gasteiger partial charge in [0.05, 0.1) is 11.7 Å². The highest BCUT2D eigenvalue weighted by atomic mass is 32.1. The molecule has 74 valence electrons. The summed E-state index contributed by atoms with van der Waals surface area (Å²) in [5.74, 6) is 0. The average Bonchev–Trinajstić information content (AvgIpc) is 2.44. The first-order valence-electron chi connectivity index (χ1n) is 4.52. The lowest BCUT2D eigenvalue weighted by molar-refractivity contribution is 0.205. The molecule has 1 N–H and O–H groups in total. The molecule has 0 aromatic carbocycles. The van der Waals surface area contributed by atoms with Crippen LogP contribution in [-0.4, -0.2) is 35.5 Å². The number of likely N-dealkylation sites (tertiary alicyclic amines) is 1. The zero-order valence-corrected chi connectivity index (χ0v) is 9.06. The Hall–Kier alpha value is -1.12. The number of hydrogen-bond acceptors (Lipinski definition) is 5. The van der Waals surface area contributed by atoms with Crippen LogP contribution >= 0.6 is 11.5 Å². The van der Waals surface area contributed by atoms with Crippen molar-refractivity contribution in [3.05, 3.63) is 11.3 Å². The molecule has 0 atom stereocenters. The molecule has 1 aromatic rings. The SMILES string of the molecule is Cc1nsc(NC2CN(C)C2)c1C#N. The lowest BCUT2D eigenvalue weighted by Gasteiger charge is -2.36. The van der Waals surface area contributed by atoms with Gasteiger partial charge in [-0.3, -0.25) is 0 Å². The summed E-state index contributed by atoms with van der Waals surface area (Å²) in [6.45, 7) is 3.96. The molecule has 1 aromatic heterocycles. The molecular weight excluding hydrogens is 196 g/mol.